The SMILES string of the molecule is COc1ccc(S(=O)(=O)n2c(=O)n(CC(=O)N3CCN(c4ccncc4)CC3)c3cc(Cl)ccc32)cc1. The van der Waals surface area contributed by atoms with Crippen molar-refractivity contribution in [3.05, 3.63) is 82.5 Å². The molecule has 0 atom stereocenters. The summed E-state index contributed by atoms with van der Waals surface area (Å²) < 4.78 is 34.0. The normalized spacial score (nSPS) is 14.2. The number of carbonyl (C=O) groups is 1. The third-order valence-corrected chi connectivity index (χ3v) is 8.34. The fourth-order valence-corrected chi connectivity index (χ4v) is 6.02. The van der Waals surface area contributed by atoms with Crippen LogP contribution in [0.25, 0.3) is 11.0 Å². The number of pyridine rings is 1. The Labute approximate surface area is 218 Å². The van der Waals surface area contributed by atoms with E-state index in [1.54, 1.807) is 17.3 Å². The molecule has 0 bridgehead atoms. The van der Waals surface area contributed by atoms with Crippen molar-refractivity contribution in [3.8, 4) is 5.75 Å². The second-order valence-electron chi connectivity index (χ2n) is 8.52. The van der Waals surface area contributed by atoms with Crippen LogP contribution in [-0.4, -0.2) is 66.0 Å². The first-order valence-electron chi connectivity index (χ1n) is 11.5. The van der Waals surface area contributed by atoms with E-state index in [1.165, 1.54) is 54.1 Å². The Hall–Kier alpha value is -3.83. The smallest absolute Gasteiger partial charge is 0.343 e. The van der Waals surface area contributed by atoms with Crippen LogP contribution in [0.15, 0.2) is 76.7 Å². The predicted molar refractivity (Wildman–Crippen MR) is 140 cm³/mol. The summed E-state index contributed by atoms with van der Waals surface area (Å²) in [7, 11) is -2.79. The van der Waals surface area contributed by atoms with Crippen LogP contribution >= 0.6 is 11.6 Å². The lowest BCUT2D eigenvalue weighted by molar-refractivity contribution is -0.132. The van der Waals surface area contributed by atoms with Crippen LogP contribution < -0.4 is 15.3 Å². The monoisotopic (exact) mass is 541 g/mol. The summed E-state index contributed by atoms with van der Waals surface area (Å²) in [4.78, 5) is 34.5. The standard InChI is InChI=1S/C25H24ClN5O5S/c1-36-20-3-5-21(6-4-20)37(34,35)31-22-7-2-18(26)16-23(22)30(25(31)33)17-24(32)29-14-12-28(13-15-29)19-8-10-27-11-9-19/h2-11,16H,12-15,17H2,1H3. The number of hydrogen-bond donors (Lipinski definition) is 0. The third kappa shape index (κ3) is 4.67. The average Bonchev–Trinajstić information content (AvgIpc) is 3.20. The minimum absolute atomic E-state index is 0.0806. The van der Waals surface area contributed by atoms with E-state index < -0.39 is 15.7 Å². The largest absolute Gasteiger partial charge is 0.497 e. The summed E-state index contributed by atoms with van der Waals surface area (Å²) >= 11 is 6.18. The molecule has 0 N–H and O–H groups in total. The topological polar surface area (TPSA) is 107 Å². The number of rotatable bonds is 6. The Morgan fingerprint density at radius 2 is 1.65 bits per heavy atom. The first kappa shape index (κ1) is 24.8. The Bertz CT molecular complexity index is 1610. The number of methoxy groups -OCH3 is 1. The van der Waals surface area contributed by atoms with E-state index in [-0.39, 0.29) is 28.4 Å². The lowest BCUT2D eigenvalue weighted by Gasteiger charge is -2.36. The van der Waals surface area contributed by atoms with Crippen molar-refractivity contribution in [2.75, 3.05) is 38.2 Å². The number of aromatic nitrogens is 3. The molecule has 0 aliphatic carbocycles. The van der Waals surface area contributed by atoms with Gasteiger partial charge >= 0.3 is 5.69 Å². The maximum atomic E-state index is 13.5. The Morgan fingerprint density at radius 3 is 2.30 bits per heavy atom. The zero-order chi connectivity index (χ0) is 26.2. The van der Waals surface area contributed by atoms with Gasteiger partial charge in [0.15, 0.2) is 0 Å². The minimum Gasteiger partial charge on any atom is -0.497 e. The van der Waals surface area contributed by atoms with E-state index >= 15 is 0 Å². The molecule has 1 aliphatic rings. The molecule has 0 unspecified atom stereocenters. The van der Waals surface area contributed by atoms with Crippen LogP contribution in [0.3, 0.4) is 0 Å². The summed E-state index contributed by atoms with van der Waals surface area (Å²) in [5.74, 6) is 0.201. The van der Waals surface area contributed by atoms with Gasteiger partial charge < -0.3 is 14.5 Å². The number of fused-ring (bicyclic) bond motifs is 1. The number of nitrogens with zero attached hydrogens (tertiary/aromatic N) is 5. The summed E-state index contributed by atoms with van der Waals surface area (Å²) in [6.07, 6.45) is 3.44. The first-order valence-corrected chi connectivity index (χ1v) is 13.3. The Morgan fingerprint density at radius 1 is 0.973 bits per heavy atom. The molecule has 1 aliphatic heterocycles. The molecule has 1 saturated heterocycles. The van der Waals surface area contributed by atoms with Crippen molar-refractivity contribution in [1.82, 2.24) is 18.4 Å². The Kier molecular flexibility index (Phi) is 6.65. The van der Waals surface area contributed by atoms with Gasteiger partial charge in [-0.1, -0.05) is 11.6 Å². The number of amides is 1. The molecule has 4 aromatic rings. The van der Waals surface area contributed by atoms with Gasteiger partial charge in [-0.2, -0.15) is 3.97 Å². The lowest BCUT2D eigenvalue weighted by atomic mass is 10.2. The number of benzene rings is 2. The van der Waals surface area contributed by atoms with Gasteiger partial charge in [0.25, 0.3) is 10.0 Å². The molecule has 0 spiro atoms. The molecule has 10 nitrogen and oxygen atoms in total. The van der Waals surface area contributed by atoms with Crippen LogP contribution in [-0.2, 0) is 21.4 Å². The molecule has 3 heterocycles. The average molecular weight is 542 g/mol. The molecule has 1 fully saturated rings. The van der Waals surface area contributed by atoms with Crippen molar-refractivity contribution in [2.45, 2.75) is 11.4 Å². The van der Waals surface area contributed by atoms with Crippen molar-refractivity contribution in [1.29, 1.82) is 0 Å². The number of ether oxygens (including phenoxy) is 1. The quantitative estimate of drug-likeness (QED) is 0.369. The summed E-state index contributed by atoms with van der Waals surface area (Å²) in [5.41, 5.74) is 0.593. The fraction of sp³-hybridized carbons (Fsp3) is 0.240. The van der Waals surface area contributed by atoms with Crippen LogP contribution in [0.1, 0.15) is 0 Å². The zero-order valence-electron chi connectivity index (χ0n) is 19.9. The van der Waals surface area contributed by atoms with E-state index in [4.69, 9.17) is 16.3 Å². The lowest BCUT2D eigenvalue weighted by Crippen LogP contribution is -2.50. The summed E-state index contributed by atoms with van der Waals surface area (Å²) in [6.45, 7) is 1.89. The molecule has 2 aromatic heterocycles. The maximum Gasteiger partial charge on any atom is 0.343 e. The maximum absolute atomic E-state index is 13.5. The predicted octanol–water partition coefficient (Wildman–Crippen LogP) is 2.45. The Balaban J connectivity index is 1.45. The highest BCUT2D eigenvalue weighted by molar-refractivity contribution is 7.90. The third-order valence-electron chi connectivity index (χ3n) is 6.40. The molecule has 12 heteroatoms. The number of hydrogen-bond acceptors (Lipinski definition) is 7. The van der Waals surface area contributed by atoms with Crippen molar-refractivity contribution in [2.24, 2.45) is 0 Å². The zero-order valence-corrected chi connectivity index (χ0v) is 21.5. The molecule has 1 amide bonds. The van der Waals surface area contributed by atoms with Crippen LogP contribution in [0.2, 0.25) is 5.02 Å². The van der Waals surface area contributed by atoms with Gasteiger partial charge in [0, 0.05) is 49.3 Å². The molecule has 0 saturated carbocycles. The van der Waals surface area contributed by atoms with Crippen LogP contribution in [0.4, 0.5) is 5.69 Å². The number of carbonyl (C=O) groups excluding carboxylic acids is 1. The number of imidazole rings is 1. The molecule has 0 radical (unpaired) electrons. The number of halogens is 1. The molecule has 37 heavy (non-hydrogen) atoms. The van der Waals surface area contributed by atoms with E-state index in [2.05, 4.69) is 9.88 Å². The van der Waals surface area contributed by atoms with Crippen LogP contribution in [0.5, 0.6) is 5.75 Å². The van der Waals surface area contributed by atoms with Gasteiger partial charge in [-0.25, -0.2) is 13.2 Å². The second kappa shape index (κ2) is 9.91. The first-order chi connectivity index (χ1) is 17.8. The highest BCUT2D eigenvalue weighted by atomic mass is 35.5. The second-order valence-corrected chi connectivity index (χ2v) is 10.7. The van der Waals surface area contributed by atoms with Gasteiger partial charge in [-0.15, -0.1) is 0 Å². The van der Waals surface area contributed by atoms with E-state index in [1.807, 2.05) is 12.1 Å². The molecule has 192 valence electrons. The minimum atomic E-state index is -4.26. The number of anilines is 1. The van der Waals surface area contributed by atoms with Gasteiger partial charge in [0.05, 0.1) is 23.0 Å². The van der Waals surface area contributed by atoms with Crippen molar-refractivity contribution >= 4 is 44.3 Å². The van der Waals surface area contributed by atoms with Crippen LogP contribution in [0, 0.1) is 0 Å². The summed E-state index contributed by atoms with van der Waals surface area (Å²) in [5, 5.41) is 0.318. The molecular formula is C25H24ClN5O5S. The van der Waals surface area contributed by atoms with Gasteiger partial charge in [-0.3, -0.25) is 14.3 Å². The highest BCUT2D eigenvalue weighted by Crippen LogP contribution is 2.24. The highest BCUT2D eigenvalue weighted by Gasteiger charge is 2.28. The van der Waals surface area contributed by atoms with E-state index in [0.717, 1.165) is 9.66 Å². The van der Waals surface area contributed by atoms with Crippen molar-refractivity contribution < 1.29 is 17.9 Å². The van der Waals surface area contributed by atoms with E-state index in [0.29, 0.717) is 37.0 Å². The molecule has 2 aromatic carbocycles. The fourth-order valence-electron chi connectivity index (χ4n) is 4.44. The molecule has 5 rings (SSSR count). The number of piperazine rings is 1. The summed E-state index contributed by atoms with van der Waals surface area (Å²) in [6, 6.07) is 14.0. The van der Waals surface area contributed by atoms with Gasteiger partial charge in [0.2, 0.25) is 5.91 Å². The van der Waals surface area contributed by atoms with Gasteiger partial charge in [0.1, 0.15) is 12.3 Å². The molecular weight excluding hydrogens is 518 g/mol. The van der Waals surface area contributed by atoms with Gasteiger partial charge in [-0.05, 0) is 54.6 Å². The van der Waals surface area contributed by atoms with Crippen molar-refractivity contribution in [3.63, 3.8) is 0 Å². The van der Waals surface area contributed by atoms with E-state index in [9.17, 15) is 18.0 Å².